The van der Waals surface area contributed by atoms with Crippen LogP contribution in [-0.2, 0) is 22.7 Å². The molecule has 1 saturated heterocycles. The Bertz CT molecular complexity index is 1090. The van der Waals surface area contributed by atoms with Crippen LogP contribution in [0.2, 0.25) is 0 Å². The summed E-state index contributed by atoms with van der Waals surface area (Å²) < 4.78 is 1.97. The summed E-state index contributed by atoms with van der Waals surface area (Å²) in [6, 6.07) is 14.8. The van der Waals surface area contributed by atoms with Crippen LogP contribution in [0, 0.1) is 0 Å². The van der Waals surface area contributed by atoms with Crippen LogP contribution in [0.25, 0.3) is 0 Å². The molecule has 2 heterocycles. The Morgan fingerprint density at radius 1 is 1.03 bits per heavy atom. The number of carbonyl (C=O) groups is 3. The molecular weight excluding hydrogens is 406 g/mol. The van der Waals surface area contributed by atoms with Gasteiger partial charge >= 0.3 is 0 Å². The molecule has 4 rings (SSSR count). The molecule has 2 aromatic carbocycles. The normalized spacial score (nSPS) is 13.2. The standard InChI is InChI=1S/C24H25N5O3/c30-22(26-14-18-3-1-4-19(13-18)16-28-12-10-25-17-28)15-27-24(32)20-6-8-21(9-7-20)29-11-2-5-23(29)31/h1,3-4,6-10,12-13,17H,2,5,11,14-16H2,(H,26,30)(H,27,32). The van der Waals surface area contributed by atoms with E-state index < -0.39 is 0 Å². The Hall–Kier alpha value is -3.94. The SMILES string of the molecule is O=C(CNC(=O)c1ccc(N2CCCC2=O)cc1)NCc1cccc(Cn2ccnc2)c1. The zero-order valence-corrected chi connectivity index (χ0v) is 17.7. The predicted molar refractivity (Wildman–Crippen MR) is 120 cm³/mol. The number of anilines is 1. The highest BCUT2D eigenvalue weighted by Gasteiger charge is 2.21. The van der Waals surface area contributed by atoms with Crippen molar-refractivity contribution in [2.45, 2.75) is 25.9 Å². The topological polar surface area (TPSA) is 96.3 Å². The van der Waals surface area contributed by atoms with E-state index in [9.17, 15) is 14.4 Å². The van der Waals surface area contributed by atoms with E-state index in [1.165, 1.54) is 0 Å². The molecule has 3 aromatic rings. The number of amides is 3. The zero-order valence-electron chi connectivity index (χ0n) is 17.7. The first-order valence-electron chi connectivity index (χ1n) is 10.6. The molecule has 2 N–H and O–H groups in total. The number of aromatic nitrogens is 2. The molecule has 0 bridgehead atoms. The van der Waals surface area contributed by atoms with Crippen molar-refractivity contribution >= 4 is 23.4 Å². The zero-order chi connectivity index (χ0) is 22.3. The average molecular weight is 431 g/mol. The van der Waals surface area contributed by atoms with Gasteiger partial charge in [-0.15, -0.1) is 0 Å². The third kappa shape index (κ3) is 5.40. The third-order valence-electron chi connectivity index (χ3n) is 5.33. The van der Waals surface area contributed by atoms with Crippen molar-refractivity contribution in [1.29, 1.82) is 0 Å². The lowest BCUT2D eigenvalue weighted by molar-refractivity contribution is -0.120. The van der Waals surface area contributed by atoms with Crippen molar-refractivity contribution in [3.63, 3.8) is 0 Å². The van der Waals surface area contributed by atoms with Crippen LogP contribution in [-0.4, -0.2) is 40.4 Å². The van der Waals surface area contributed by atoms with Crippen molar-refractivity contribution < 1.29 is 14.4 Å². The Labute approximate surface area is 186 Å². The molecule has 1 aliphatic heterocycles. The highest BCUT2D eigenvalue weighted by Crippen LogP contribution is 2.21. The fourth-order valence-electron chi connectivity index (χ4n) is 3.67. The first-order valence-corrected chi connectivity index (χ1v) is 10.6. The Morgan fingerprint density at radius 3 is 2.56 bits per heavy atom. The minimum atomic E-state index is -0.332. The highest BCUT2D eigenvalue weighted by atomic mass is 16.2. The molecule has 1 fully saturated rings. The maximum Gasteiger partial charge on any atom is 0.251 e. The van der Waals surface area contributed by atoms with E-state index in [1.807, 2.05) is 35.0 Å². The molecule has 32 heavy (non-hydrogen) atoms. The summed E-state index contributed by atoms with van der Waals surface area (Å²) in [5.74, 6) is -0.495. The fourth-order valence-corrected chi connectivity index (χ4v) is 3.67. The second-order valence-corrected chi connectivity index (χ2v) is 7.71. The lowest BCUT2D eigenvalue weighted by Crippen LogP contribution is -2.36. The number of hydrogen-bond acceptors (Lipinski definition) is 4. The summed E-state index contributed by atoms with van der Waals surface area (Å²) >= 11 is 0. The van der Waals surface area contributed by atoms with Gasteiger partial charge in [0.05, 0.1) is 12.9 Å². The average Bonchev–Trinajstić information content (AvgIpc) is 3.48. The van der Waals surface area contributed by atoms with Crippen LogP contribution in [0.5, 0.6) is 0 Å². The Balaban J connectivity index is 1.23. The van der Waals surface area contributed by atoms with Crippen LogP contribution < -0.4 is 15.5 Å². The van der Waals surface area contributed by atoms with Crippen molar-refractivity contribution in [3.05, 3.63) is 83.9 Å². The first kappa shape index (κ1) is 21.3. The summed E-state index contributed by atoms with van der Waals surface area (Å²) in [7, 11) is 0. The molecule has 0 unspecified atom stereocenters. The lowest BCUT2D eigenvalue weighted by atomic mass is 10.1. The molecule has 8 heteroatoms. The van der Waals surface area contributed by atoms with Crippen LogP contribution in [0.3, 0.4) is 0 Å². The fraction of sp³-hybridized carbons (Fsp3) is 0.250. The van der Waals surface area contributed by atoms with Gasteiger partial charge in [0.2, 0.25) is 11.8 Å². The summed E-state index contributed by atoms with van der Waals surface area (Å²) in [6.07, 6.45) is 6.81. The van der Waals surface area contributed by atoms with Gasteiger partial charge in [-0.1, -0.05) is 24.3 Å². The second kappa shape index (κ2) is 9.91. The van der Waals surface area contributed by atoms with Gasteiger partial charge in [0.25, 0.3) is 5.91 Å². The van der Waals surface area contributed by atoms with E-state index in [4.69, 9.17) is 0 Å². The number of rotatable bonds is 8. The Morgan fingerprint density at radius 2 is 1.84 bits per heavy atom. The number of benzene rings is 2. The predicted octanol–water partition coefficient (Wildman–Crippen LogP) is 2.10. The minimum absolute atomic E-state index is 0.103. The summed E-state index contributed by atoms with van der Waals surface area (Å²) in [5, 5.41) is 5.46. The van der Waals surface area contributed by atoms with Gasteiger partial charge in [-0.05, 0) is 41.8 Å². The summed E-state index contributed by atoms with van der Waals surface area (Å²) in [4.78, 5) is 42.1. The second-order valence-electron chi connectivity index (χ2n) is 7.71. The van der Waals surface area contributed by atoms with Crippen molar-refractivity contribution in [3.8, 4) is 0 Å². The largest absolute Gasteiger partial charge is 0.350 e. The van der Waals surface area contributed by atoms with E-state index in [-0.39, 0.29) is 24.3 Å². The maximum atomic E-state index is 12.3. The molecule has 3 amide bonds. The third-order valence-corrected chi connectivity index (χ3v) is 5.33. The Kier molecular flexibility index (Phi) is 6.60. The van der Waals surface area contributed by atoms with E-state index in [0.717, 1.165) is 23.2 Å². The molecule has 0 saturated carbocycles. The van der Waals surface area contributed by atoms with Gasteiger partial charge in [-0.3, -0.25) is 14.4 Å². The van der Waals surface area contributed by atoms with E-state index in [2.05, 4.69) is 15.6 Å². The van der Waals surface area contributed by atoms with Crippen molar-refractivity contribution in [1.82, 2.24) is 20.2 Å². The number of nitrogens with zero attached hydrogens (tertiary/aromatic N) is 3. The van der Waals surface area contributed by atoms with Crippen LogP contribution in [0.1, 0.15) is 34.3 Å². The molecular formula is C24H25N5O3. The molecule has 8 nitrogen and oxygen atoms in total. The first-order chi connectivity index (χ1) is 15.6. The van der Waals surface area contributed by atoms with Gasteiger partial charge < -0.3 is 20.1 Å². The van der Waals surface area contributed by atoms with Gasteiger partial charge in [-0.2, -0.15) is 0 Å². The van der Waals surface area contributed by atoms with E-state index >= 15 is 0 Å². The summed E-state index contributed by atoms with van der Waals surface area (Å²) in [6.45, 7) is 1.69. The van der Waals surface area contributed by atoms with Crippen molar-refractivity contribution in [2.75, 3.05) is 18.0 Å². The van der Waals surface area contributed by atoms with Crippen molar-refractivity contribution in [2.24, 2.45) is 0 Å². The number of nitrogens with one attached hydrogen (secondary N) is 2. The number of imidazole rings is 1. The lowest BCUT2D eigenvalue weighted by Gasteiger charge is -2.15. The maximum absolute atomic E-state index is 12.3. The smallest absolute Gasteiger partial charge is 0.251 e. The summed E-state index contributed by atoms with van der Waals surface area (Å²) in [5.41, 5.74) is 3.33. The van der Waals surface area contributed by atoms with Gasteiger partial charge in [-0.25, -0.2) is 4.98 Å². The molecule has 0 radical (unpaired) electrons. The minimum Gasteiger partial charge on any atom is -0.350 e. The van der Waals surface area contributed by atoms with E-state index in [0.29, 0.717) is 31.6 Å². The van der Waals surface area contributed by atoms with Gasteiger partial charge in [0.1, 0.15) is 0 Å². The van der Waals surface area contributed by atoms with E-state index in [1.54, 1.807) is 41.7 Å². The molecule has 164 valence electrons. The number of hydrogen-bond donors (Lipinski definition) is 2. The molecule has 1 aromatic heterocycles. The van der Waals surface area contributed by atoms with Gasteiger partial charge in [0, 0.05) is 49.7 Å². The molecule has 0 aliphatic carbocycles. The quantitative estimate of drug-likeness (QED) is 0.571. The molecule has 0 atom stereocenters. The molecule has 1 aliphatic rings. The number of carbonyl (C=O) groups excluding carboxylic acids is 3. The highest BCUT2D eigenvalue weighted by molar-refractivity contribution is 5.98. The van der Waals surface area contributed by atoms with Crippen LogP contribution >= 0.6 is 0 Å². The monoisotopic (exact) mass is 431 g/mol. The molecule has 0 spiro atoms. The van der Waals surface area contributed by atoms with Gasteiger partial charge in [0.15, 0.2) is 0 Å². The van der Waals surface area contributed by atoms with Crippen LogP contribution in [0.15, 0.2) is 67.3 Å². The van der Waals surface area contributed by atoms with Crippen LogP contribution in [0.4, 0.5) is 5.69 Å².